The topological polar surface area (TPSA) is 93.7 Å². The second-order valence-electron chi connectivity index (χ2n) is 10.2. The summed E-state index contributed by atoms with van der Waals surface area (Å²) >= 11 is 0. The zero-order valence-electron chi connectivity index (χ0n) is 22.6. The molecule has 2 amide bonds. The number of rotatable bonds is 15. The van der Waals surface area contributed by atoms with Crippen LogP contribution in [0.2, 0.25) is 0 Å². The molecule has 0 aliphatic heterocycles. The van der Waals surface area contributed by atoms with Gasteiger partial charge in [0.25, 0.3) is 0 Å². The molecule has 0 saturated heterocycles. The van der Waals surface area contributed by atoms with Crippen LogP contribution >= 0.6 is 0 Å². The van der Waals surface area contributed by atoms with Crippen LogP contribution in [0.4, 0.5) is 0 Å². The fourth-order valence-electron chi connectivity index (χ4n) is 3.97. The van der Waals surface area contributed by atoms with Crippen molar-refractivity contribution in [2.45, 2.75) is 77.5 Å². The standard InChI is InChI=1S/C30H42N2O5/c1-30(2,3)37-27(33)21-25(18-12-7-13-19-36-22-24-16-10-6-11-17-24)28(34)32-26(29(35)31-4)20-23-14-8-5-9-15-23/h5-6,8-11,14-17,25-26H,7,12-13,18-22H2,1-4H3,(H,31,35)(H,32,34)/t25-,26+/m1/s1. The normalized spacial score (nSPS) is 12.9. The predicted octanol–water partition coefficient (Wildman–Crippen LogP) is 4.59. The Kier molecular flexibility index (Phi) is 12.8. The van der Waals surface area contributed by atoms with Gasteiger partial charge >= 0.3 is 5.97 Å². The summed E-state index contributed by atoms with van der Waals surface area (Å²) in [5, 5.41) is 5.51. The first-order chi connectivity index (χ1) is 17.7. The number of ether oxygens (including phenoxy) is 2. The molecule has 0 aliphatic carbocycles. The van der Waals surface area contributed by atoms with Crippen LogP contribution in [0.25, 0.3) is 0 Å². The van der Waals surface area contributed by atoms with Gasteiger partial charge in [-0.3, -0.25) is 14.4 Å². The third-order valence-electron chi connectivity index (χ3n) is 5.82. The Balaban J connectivity index is 1.92. The van der Waals surface area contributed by atoms with Gasteiger partial charge < -0.3 is 20.1 Å². The zero-order valence-corrected chi connectivity index (χ0v) is 22.6. The molecule has 0 heterocycles. The van der Waals surface area contributed by atoms with Crippen LogP contribution in [0.5, 0.6) is 0 Å². The quantitative estimate of drug-likeness (QED) is 0.270. The first kappa shape index (κ1) is 30.0. The van der Waals surface area contributed by atoms with Gasteiger partial charge in [-0.1, -0.05) is 73.5 Å². The molecular formula is C30H42N2O5. The zero-order chi connectivity index (χ0) is 27.1. The highest BCUT2D eigenvalue weighted by molar-refractivity contribution is 5.90. The van der Waals surface area contributed by atoms with Gasteiger partial charge in [-0.25, -0.2) is 0 Å². The number of benzene rings is 2. The number of nitrogens with one attached hydrogen (secondary N) is 2. The number of hydrogen-bond acceptors (Lipinski definition) is 5. The summed E-state index contributed by atoms with van der Waals surface area (Å²) < 4.78 is 11.2. The predicted molar refractivity (Wildman–Crippen MR) is 145 cm³/mol. The Morgan fingerprint density at radius 1 is 0.838 bits per heavy atom. The van der Waals surface area contributed by atoms with Crippen molar-refractivity contribution in [3.8, 4) is 0 Å². The SMILES string of the molecule is CNC(=O)[C@H](Cc1ccccc1)NC(=O)[C@H](CCCCCOCc1ccccc1)CC(=O)OC(C)(C)C. The van der Waals surface area contributed by atoms with Gasteiger partial charge in [0.1, 0.15) is 11.6 Å². The second-order valence-corrected chi connectivity index (χ2v) is 10.2. The Labute approximate surface area is 221 Å². The highest BCUT2D eigenvalue weighted by atomic mass is 16.6. The minimum Gasteiger partial charge on any atom is -0.460 e. The number of unbranched alkanes of at least 4 members (excludes halogenated alkanes) is 2. The van der Waals surface area contributed by atoms with E-state index in [4.69, 9.17) is 9.47 Å². The van der Waals surface area contributed by atoms with Gasteiger partial charge in [0.05, 0.1) is 13.0 Å². The number of carbonyl (C=O) groups excluding carboxylic acids is 3. The number of hydrogen-bond donors (Lipinski definition) is 2. The molecule has 2 N–H and O–H groups in total. The Bertz CT molecular complexity index is 957. The lowest BCUT2D eigenvalue weighted by Crippen LogP contribution is -2.49. The van der Waals surface area contributed by atoms with Crippen molar-refractivity contribution in [3.05, 3.63) is 71.8 Å². The maximum atomic E-state index is 13.3. The Morgan fingerprint density at radius 2 is 1.46 bits per heavy atom. The average molecular weight is 511 g/mol. The van der Waals surface area contributed by atoms with Gasteiger partial charge in [-0.2, -0.15) is 0 Å². The van der Waals surface area contributed by atoms with Gasteiger partial charge in [-0.05, 0) is 44.7 Å². The van der Waals surface area contributed by atoms with E-state index >= 15 is 0 Å². The summed E-state index contributed by atoms with van der Waals surface area (Å²) in [4.78, 5) is 38.3. The molecule has 0 spiro atoms. The lowest BCUT2D eigenvalue weighted by Gasteiger charge is -2.24. The van der Waals surface area contributed by atoms with Crippen LogP contribution in [0, 0.1) is 5.92 Å². The second kappa shape index (κ2) is 15.8. The molecule has 2 aromatic rings. The van der Waals surface area contributed by atoms with Crippen molar-refractivity contribution in [2.24, 2.45) is 5.92 Å². The average Bonchev–Trinajstić information content (AvgIpc) is 2.86. The third kappa shape index (κ3) is 12.6. The van der Waals surface area contributed by atoms with Gasteiger partial charge in [-0.15, -0.1) is 0 Å². The van der Waals surface area contributed by atoms with Crippen molar-refractivity contribution in [1.29, 1.82) is 0 Å². The summed E-state index contributed by atoms with van der Waals surface area (Å²) in [5.74, 6) is -1.58. The number of amides is 2. The van der Waals surface area contributed by atoms with E-state index in [9.17, 15) is 14.4 Å². The maximum absolute atomic E-state index is 13.3. The molecule has 37 heavy (non-hydrogen) atoms. The summed E-state index contributed by atoms with van der Waals surface area (Å²) in [6, 6.07) is 18.8. The van der Waals surface area contributed by atoms with Gasteiger partial charge in [0.2, 0.25) is 11.8 Å². The van der Waals surface area contributed by atoms with E-state index in [1.807, 2.05) is 60.7 Å². The Hall–Kier alpha value is -3.19. The first-order valence-corrected chi connectivity index (χ1v) is 13.1. The molecule has 2 atom stereocenters. The molecular weight excluding hydrogens is 468 g/mol. The molecule has 0 bridgehead atoms. The largest absolute Gasteiger partial charge is 0.460 e. The molecule has 7 nitrogen and oxygen atoms in total. The van der Waals surface area contributed by atoms with Crippen LogP contribution < -0.4 is 10.6 Å². The fraction of sp³-hybridized carbons (Fsp3) is 0.500. The fourth-order valence-corrected chi connectivity index (χ4v) is 3.97. The molecule has 2 aromatic carbocycles. The molecule has 0 radical (unpaired) electrons. The van der Waals surface area contributed by atoms with Crippen LogP contribution in [0.3, 0.4) is 0 Å². The summed E-state index contributed by atoms with van der Waals surface area (Å²) in [5.41, 5.74) is 1.44. The monoisotopic (exact) mass is 510 g/mol. The highest BCUT2D eigenvalue weighted by Crippen LogP contribution is 2.19. The molecule has 202 valence electrons. The van der Waals surface area contributed by atoms with Crippen molar-refractivity contribution < 1.29 is 23.9 Å². The number of likely N-dealkylation sites (N-methyl/N-ethyl adjacent to an activating group) is 1. The van der Waals surface area contributed by atoms with E-state index in [1.54, 1.807) is 27.8 Å². The molecule has 0 aliphatic rings. The molecule has 0 saturated carbocycles. The maximum Gasteiger partial charge on any atom is 0.307 e. The first-order valence-electron chi connectivity index (χ1n) is 13.1. The van der Waals surface area contributed by atoms with E-state index in [1.165, 1.54) is 0 Å². The molecule has 2 rings (SSSR count). The molecule has 0 unspecified atom stereocenters. The van der Waals surface area contributed by atoms with Crippen molar-refractivity contribution >= 4 is 17.8 Å². The number of carbonyl (C=O) groups is 3. The van der Waals surface area contributed by atoms with E-state index in [-0.39, 0.29) is 18.2 Å². The summed E-state index contributed by atoms with van der Waals surface area (Å²) in [6.45, 7) is 6.62. The van der Waals surface area contributed by atoms with Gasteiger partial charge in [0.15, 0.2) is 0 Å². The number of esters is 1. The van der Waals surface area contributed by atoms with E-state index in [2.05, 4.69) is 10.6 Å². The van der Waals surface area contributed by atoms with Crippen molar-refractivity contribution in [3.63, 3.8) is 0 Å². The van der Waals surface area contributed by atoms with E-state index in [0.29, 0.717) is 26.1 Å². The van der Waals surface area contributed by atoms with E-state index < -0.39 is 23.5 Å². The molecule has 0 fully saturated rings. The Morgan fingerprint density at radius 3 is 2.05 bits per heavy atom. The van der Waals surface area contributed by atoms with E-state index in [0.717, 1.165) is 30.4 Å². The highest BCUT2D eigenvalue weighted by Gasteiger charge is 2.28. The smallest absolute Gasteiger partial charge is 0.307 e. The summed E-state index contributed by atoms with van der Waals surface area (Å²) in [7, 11) is 1.55. The minimum absolute atomic E-state index is 0.0284. The minimum atomic E-state index is -0.729. The third-order valence-corrected chi connectivity index (χ3v) is 5.82. The van der Waals surface area contributed by atoms with Crippen molar-refractivity contribution in [2.75, 3.05) is 13.7 Å². The lowest BCUT2D eigenvalue weighted by atomic mass is 9.95. The molecule has 0 aromatic heterocycles. The summed E-state index contributed by atoms with van der Waals surface area (Å²) in [6.07, 6.45) is 3.36. The van der Waals surface area contributed by atoms with Gasteiger partial charge in [0, 0.05) is 26.0 Å². The van der Waals surface area contributed by atoms with Crippen LogP contribution in [-0.4, -0.2) is 43.1 Å². The van der Waals surface area contributed by atoms with Crippen LogP contribution in [0.1, 0.15) is 64.0 Å². The lowest BCUT2D eigenvalue weighted by molar-refractivity contribution is -0.157. The van der Waals surface area contributed by atoms with Crippen LogP contribution in [-0.2, 0) is 36.9 Å². The van der Waals surface area contributed by atoms with Crippen LogP contribution in [0.15, 0.2) is 60.7 Å². The molecule has 7 heteroatoms. The van der Waals surface area contributed by atoms with Crippen molar-refractivity contribution in [1.82, 2.24) is 10.6 Å².